The van der Waals surface area contributed by atoms with Crippen LogP contribution in [0.2, 0.25) is 0 Å². The van der Waals surface area contributed by atoms with Crippen molar-refractivity contribution in [1.29, 1.82) is 0 Å². The van der Waals surface area contributed by atoms with Gasteiger partial charge < -0.3 is 10.0 Å². The number of carboxylic acids is 1. The van der Waals surface area contributed by atoms with Gasteiger partial charge in [0.25, 0.3) is 0 Å². The van der Waals surface area contributed by atoms with Gasteiger partial charge in [0.05, 0.1) is 11.4 Å². The highest BCUT2D eigenvalue weighted by Crippen LogP contribution is 2.18. The fraction of sp³-hybridized carbons (Fsp3) is 0.429. The number of unbranched alkanes of at least 4 members (excludes halogenated alkanes) is 1. The Labute approximate surface area is 112 Å². The zero-order chi connectivity index (χ0) is 14.0. The lowest BCUT2D eigenvalue weighted by Gasteiger charge is -2.19. The molecule has 0 saturated carbocycles. The number of anilines is 1. The third kappa shape index (κ3) is 2.54. The third-order valence-corrected chi connectivity index (χ3v) is 3.27. The molecule has 0 saturated heterocycles. The first-order valence-electron chi connectivity index (χ1n) is 6.47. The second-order valence-electron chi connectivity index (χ2n) is 4.74. The van der Waals surface area contributed by atoms with Crippen molar-refractivity contribution in [2.75, 3.05) is 18.5 Å². The topological polar surface area (TPSA) is 57.8 Å². The molecule has 0 unspecified atom stereocenters. The molecule has 0 spiro atoms. The van der Waals surface area contributed by atoms with Crippen LogP contribution in [0.1, 0.15) is 35.9 Å². The zero-order valence-corrected chi connectivity index (χ0v) is 11.6. The van der Waals surface area contributed by atoms with Crippen molar-refractivity contribution in [3.63, 3.8) is 0 Å². The highest BCUT2D eigenvalue weighted by molar-refractivity contribution is 5.88. The molecule has 0 aliphatic carbocycles. The fourth-order valence-corrected chi connectivity index (χ4v) is 2.16. The molecule has 2 heterocycles. The summed E-state index contributed by atoms with van der Waals surface area (Å²) in [5.41, 5.74) is 2.45. The van der Waals surface area contributed by atoms with Gasteiger partial charge in [-0.3, -0.25) is 4.40 Å². The van der Waals surface area contributed by atoms with Crippen molar-refractivity contribution >= 4 is 17.3 Å². The summed E-state index contributed by atoms with van der Waals surface area (Å²) in [4.78, 5) is 17.7. The minimum Gasteiger partial charge on any atom is -0.477 e. The van der Waals surface area contributed by atoms with Gasteiger partial charge in [-0.25, -0.2) is 9.78 Å². The molecule has 2 aromatic heterocycles. The molecule has 0 aliphatic heterocycles. The molecule has 0 aliphatic rings. The lowest BCUT2D eigenvalue weighted by molar-refractivity contribution is 0.0688. The molecular weight excluding hydrogens is 242 g/mol. The largest absolute Gasteiger partial charge is 0.477 e. The lowest BCUT2D eigenvalue weighted by Crippen LogP contribution is -2.18. The van der Waals surface area contributed by atoms with Crippen molar-refractivity contribution in [2.45, 2.75) is 26.7 Å². The van der Waals surface area contributed by atoms with Crippen LogP contribution in [0.3, 0.4) is 0 Å². The number of aromatic carboxylic acids is 1. The maximum atomic E-state index is 11.3. The molecule has 0 fully saturated rings. The van der Waals surface area contributed by atoms with E-state index in [4.69, 9.17) is 0 Å². The summed E-state index contributed by atoms with van der Waals surface area (Å²) < 4.78 is 1.65. The number of carbonyl (C=O) groups is 1. The van der Waals surface area contributed by atoms with Gasteiger partial charge in [0.1, 0.15) is 5.65 Å². The molecule has 102 valence electrons. The van der Waals surface area contributed by atoms with Gasteiger partial charge in [-0.1, -0.05) is 13.3 Å². The van der Waals surface area contributed by atoms with E-state index < -0.39 is 5.97 Å². The van der Waals surface area contributed by atoms with E-state index in [0.717, 1.165) is 25.1 Å². The molecule has 0 amide bonds. The summed E-state index contributed by atoms with van der Waals surface area (Å²) in [5, 5.41) is 9.25. The summed E-state index contributed by atoms with van der Waals surface area (Å²) in [6.07, 6.45) is 4.09. The van der Waals surface area contributed by atoms with Crippen molar-refractivity contribution in [3.8, 4) is 0 Å². The van der Waals surface area contributed by atoms with Crippen LogP contribution in [0.15, 0.2) is 18.3 Å². The summed E-state index contributed by atoms with van der Waals surface area (Å²) in [6, 6.07) is 3.83. The first-order chi connectivity index (χ1) is 9.04. The summed E-state index contributed by atoms with van der Waals surface area (Å²) in [6.45, 7) is 4.83. The van der Waals surface area contributed by atoms with Crippen LogP contribution in [0, 0.1) is 6.92 Å². The van der Waals surface area contributed by atoms with Gasteiger partial charge in [-0.2, -0.15) is 0 Å². The number of imidazole rings is 1. The van der Waals surface area contributed by atoms with Gasteiger partial charge in [-0.15, -0.1) is 0 Å². The van der Waals surface area contributed by atoms with E-state index in [1.54, 1.807) is 11.3 Å². The minimum atomic E-state index is -0.946. The Morgan fingerprint density at radius 2 is 2.21 bits per heavy atom. The normalized spacial score (nSPS) is 10.9. The first kappa shape index (κ1) is 13.4. The van der Waals surface area contributed by atoms with Crippen LogP contribution in [0.25, 0.3) is 5.65 Å². The molecule has 5 nitrogen and oxygen atoms in total. The van der Waals surface area contributed by atoms with Gasteiger partial charge >= 0.3 is 5.97 Å². The van der Waals surface area contributed by atoms with Gasteiger partial charge in [0, 0.05) is 19.8 Å². The average molecular weight is 261 g/mol. The Hall–Kier alpha value is -2.04. The lowest BCUT2D eigenvalue weighted by atomic mass is 10.3. The van der Waals surface area contributed by atoms with Crippen LogP contribution in [0.4, 0.5) is 5.69 Å². The smallest absolute Gasteiger partial charge is 0.354 e. The predicted molar refractivity (Wildman–Crippen MR) is 75.1 cm³/mol. The maximum Gasteiger partial charge on any atom is 0.354 e. The number of hydrogen-bond acceptors (Lipinski definition) is 3. The Morgan fingerprint density at radius 3 is 2.84 bits per heavy atom. The van der Waals surface area contributed by atoms with Crippen LogP contribution in [-0.4, -0.2) is 34.1 Å². The van der Waals surface area contributed by atoms with E-state index in [1.807, 2.05) is 25.4 Å². The van der Waals surface area contributed by atoms with Crippen LogP contribution < -0.4 is 4.90 Å². The van der Waals surface area contributed by atoms with E-state index in [9.17, 15) is 9.90 Å². The number of nitrogens with zero attached hydrogens (tertiary/aromatic N) is 3. The van der Waals surface area contributed by atoms with Crippen LogP contribution in [-0.2, 0) is 0 Å². The standard InChI is InChI=1S/C14H19N3O2/c1-4-5-8-16(3)11-6-7-12-15-10(2)13(14(18)19)17(12)9-11/h6-7,9H,4-5,8H2,1-3H3,(H,18,19). The molecule has 0 radical (unpaired) electrons. The van der Waals surface area contributed by atoms with Crippen molar-refractivity contribution in [2.24, 2.45) is 0 Å². The molecule has 0 bridgehead atoms. The van der Waals surface area contributed by atoms with Crippen LogP contribution in [0.5, 0.6) is 0 Å². The zero-order valence-electron chi connectivity index (χ0n) is 11.6. The molecule has 19 heavy (non-hydrogen) atoms. The molecule has 1 N–H and O–H groups in total. The average Bonchev–Trinajstić information content (AvgIpc) is 2.70. The number of aryl methyl sites for hydroxylation is 1. The highest BCUT2D eigenvalue weighted by Gasteiger charge is 2.16. The van der Waals surface area contributed by atoms with E-state index in [2.05, 4.69) is 16.8 Å². The minimum absolute atomic E-state index is 0.237. The number of aromatic nitrogens is 2. The van der Waals surface area contributed by atoms with Gasteiger partial charge in [-0.05, 0) is 25.5 Å². The fourth-order valence-electron chi connectivity index (χ4n) is 2.16. The van der Waals surface area contributed by atoms with E-state index in [0.29, 0.717) is 11.3 Å². The number of carboxylic acid groups (broad SMARTS) is 1. The van der Waals surface area contributed by atoms with Crippen molar-refractivity contribution in [3.05, 3.63) is 29.7 Å². The second-order valence-corrected chi connectivity index (χ2v) is 4.74. The quantitative estimate of drug-likeness (QED) is 0.898. The van der Waals surface area contributed by atoms with Crippen molar-refractivity contribution < 1.29 is 9.90 Å². The Balaban J connectivity index is 2.44. The molecular formula is C14H19N3O2. The highest BCUT2D eigenvalue weighted by atomic mass is 16.4. The van der Waals surface area contributed by atoms with Gasteiger partial charge in [0.15, 0.2) is 5.69 Å². The molecule has 2 rings (SSSR count). The first-order valence-corrected chi connectivity index (χ1v) is 6.47. The molecule has 5 heteroatoms. The van der Waals surface area contributed by atoms with E-state index >= 15 is 0 Å². The summed E-state index contributed by atoms with van der Waals surface area (Å²) in [5.74, 6) is -0.946. The van der Waals surface area contributed by atoms with E-state index in [-0.39, 0.29) is 5.69 Å². The second kappa shape index (κ2) is 5.30. The van der Waals surface area contributed by atoms with Crippen LogP contribution >= 0.6 is 0 Å². The SMILES string of the molecule is CCCCN(C)c1ccc2nc(C)c(C(=O)O)n2c1. The van der Waals surface area contributed by atoms with Gasteiger partial charge in [0.2, 0.25) is 0 Å². The number of hydrogen-bond donors (Lipinski definition) is 1. The molecule has 2 aromatic rings. The Morgan fingerprint density at radius 1 is 1.47 bits per heavy atom. The number of pyridine rings is 1. The maximum absolute atomic E-state index is 11.3. The molecule has 0 atom stereocenters. The number of fused-ring (bicyclic) bond motifs is 1. The predicted octanol–water partition coefficient (Wildman–Crippen LogP) is 2.58. The van der Waals surface area contributed by atoms with Crippen molar-refractivity contribution in [1.82, 2.24) is 9.38 Å². The summed E-state index contributed by atoms with van der Waals surface area (Å²) >= 11 is 0. The number of rotatable bonds is 5. The summed E-state index contributed by atoms with van der Waals surface area (Å²) in [7, 11) is 2.01. The Bertz CT molecular complexity index is 604. The monoisotopic (exact) mass is 261 g/mol. The Kier molecular flexibility index (Phi) is 3.74. The molecule has 0 aromatic carbocycles. The third-order valence-electron chi connectivity index (χ3n) is 3.27. The van der Waals surface area contributed by atoms with E-state index in [1.165, 1.54) is 0 Å².